The summed E-state index contributed by atoms with van der Waals surface area (Å²) in [5.41, 5.74) is 0.370. The van der Waals surface area contributed by atoms with Crippen LogP contribution in [0.4, 0.5) is 0 Å². The Hall–Kier alpha value is -0.570. The lowest BCUT2D eigenvalue weighted by molar-refractivity contribution is -0.140. The molecule has 0 aromatic heterocycles. The van der Waals surface area contributed by atoms with E-state index in [0.29, 0.717) is 17.2 Å². The molecule has 19 heavy (non-hydrogen) atoms. The topological polar surface area (TPSA) is 29.5 Å². The first-order valence-electron chi connectivity index (χ1n) is 7.82. The minimum atomic E-state index is 0.224. The van der Waals surface area contributed by atoms with E-state index in [-0.39, 0.29) is 5.92 Å². The number of amides is 1. The van der Waals surface area contributed by atoms with E-state index in [1.165, 1.54) is 19.3 Å². The van der Waals surface area contributed by atoms with Crippen molar-refractivity contribution >= 4 is 5.91 Å². The van der Waals surface area contributed by atoms with Gasteiger partial charge in [-0.1, -0.05) is 20.8 Å². The highest BCUT2D eigenvalue weighted by molar-refractivity contribution is 5.79. The van der Waals surface area contributed by atoms with Crippen LogP contribution in [0, 0.1) is 17.3 Å². The molecule has 2 rings (SSSR count). The van der Waals surface area contributed by atoms with Crippen LogP contribution in [0.25, 0.3) is 0 Å². The first kappa shape index (κ1) is 14.8. The number of ether oxygens (including phenoxy) is 1. The van der Waals surface area contributed by atoms with Crippen LogP contribution in [0.3, 0.4) is 0 Å². The Balaban J connectivity index is 1.87. The largest absolute Gasteiger partial charge is 0.381 e. The van der Waals surface area contributed by atoms with Crippen LogP contribution in [0.1, 0.15) is 52.9 Å². The molecule has 0 aromatic rings. The number of likely N-dealkylation sites (tertiary alicyclic amines) is 1. The maximum absolute atomic E-state index is 12.5. The van der Waals surface area contributed by atoms with Gasteiger partial charge >= 0.3 is 0 Å². The zero-order valence-corrected chi connectivity index (χ0v) is 12.8. The van der Waals surface area contributed by atoms with Gasteiger partial charge in [-0.2, -0.15) is 0 Å². The van der Waals surface area contributed by atoms with Gasteiger partial charge in [-0.25, -0.2) is 0 Å². The Labute approximate surface area is 117 Å². The summed E-state index contributed by atoms with van der Waals surface area (Å²) in [5.74, 6) is 1.31. The van der Waals surface area contributed by atoms with Crippen molar-refractivity contribution in [3.8, 4) is 0 Å². The molecule has 2 aliphatic heterocycles. The first-order chi connectivity index (χ1) is 8.96. The van der Waals surface area contributed by atoms with Crippen molar-refractivity contribution in [3.05, 3.63) is 0 Å². The summed E-state index contributed by atoms with van der Waals surface area (Å²) in [5, 5.41) is 0. The average molecular weight is 267 g/mol. The quantitative estimate of drug-likeness (QED) is 0.769. The van der Waals surface area contributed by atoms with Gasteiger partial charge < -0.3 is 9.64 Å². The van der Waals surface area contributed by atoms with Gasteiger partial charge in [-0.3, -0.25) is 4.79 Å². The molecule has 110 valence electrons. The smallest absolute Gasteiger partial charge is 0.225 e. The van der Waals surface area contributed by atoms with E-state index in [2.05, 4.69) is 25.7 Å². The minimum absolute atomic E-state index is 0.224. The fraction of sp³-hybridized carbons (Fsp3) is 0.938. The van der Waals surface area contributed by atoms with Crippen LogP contribution in [-0.2, 0) is 9.53 Å². The maximum Gasteiger partial charge on any atom is 0.225 e. The standard InChI is InChI=1S/C16H29NO2/c1-16(2,3)11-13-5-4-8-17(12-13)15(18)14-6-9-19-10-7-14/h13-14H,4-12H2,1-3H3. The number of rotatable bonds is 2. The van der Waals surface area contributed by atoms with Gasteiger partial charge in [0.15, 0.2) is 0 Å². The fourth-order valence-corrected chi connectivity index (χ4v) is 3.50. The van der Waals surface area contributed by atoms with E-state index in [1.54, 1.807) is 0 Å². The highest BCUT2D eigenvalue weighted by atomic mass is 16.5. The summed E-state index contributed by atoms with van der Waals surface area (Å²) < 4.78 is 5.35. The number of piperidine rings is 1. The zero-order valence-electron chi connectivity index (χ0n) is 12.8. The lowest BCUT2D eigenvalue weighted by Gasteiger charge is -2.38. The Morgan fingerprint density at radius 1 is 1.21 bits per heavy atom. The van der Waals surface area contributed by atoms with Gasteiger partial charge in [0.2, 0.25) is 5.91 Å². The summed E-state index contributed by atoms with van der Waals surface area (Å²) in [6.07, 6.45) is 5.52. The van der Waals surface area contributed by atoms with Crippen molar-refractivity contribution in [2.45, 2.75) is 52.9 Å². The molecular formula is C16H29NO2. The Bertz CT molecular complexity index is 302. The van der Waals surface area contributed by atoms with Crippen LogP contribution in [0.15, 0.2) is 0 Å². The van der Waals surface area contributed by atoms with Gasteiger partial charge in [0.1, 0.15) is 0 Å². The van der Waals surface area contributed by atoms with E-state index >= 15 is 0 Å². The SMILES string of the molecule is CC(C)(C)CC1CCCN(C(=O)C2CCOCC2)C1. The molecule has 0 spiro atoms. The van der Waals surface area contributed by atoms with Gasteiger partial charge in [-0.15, -0.1) is 0 Å². The molecule has 2 aliphatic rings. The van der Waals surface area contributed by atoms with Gasteiger partial charge in [0, 0.05) is 32.2 Å². The molecule has 3 heteroatoms. The van der Waals surface area contributed by atoms with E-state index in [4.69, 9.17) is 4.74 Å². The predicted molar refractivity (Wildman–Crippen MR) is 76.9 cm³/mol. The van der Waals surface area contributed by atoms with Gasteiger partial charge in [0.05, 0.1) is 0 Å². The second kappa shape index (κ2) is 6.25. The lowest BCUT2D eigenvalue weighted by Crippen LogP contribution is -2.44. The Morgan fingerprint density at radius 3 is 2.53 bits per heavy atom. The molecule has 0 N–H and O–H groups in total. The molecule has 0 bridgehead atoms. The molecule has 2 heterocycles. The van der Waals surface area contributed by atoms with E-state index in [1.807, 2.05) is 0 Å². The highest BCUT2D eigenvalue weighted by Gasteiger charge is 2.31. The Kier molecular flexibility index (Phi) is 4.88. The fourth-order valence-electron chi connectivity index (χ4n) is 3.50. The minimum Gasteiger partial charge on any atom is -0.381 e. The van der Waals surface area contributed by atoms with Crippen LogP contribution >= 0.6 is 0 Å². The number of hydrogen-bond donors (Lipinski definition) is 0. The van der Waals surface area contributed by atoms with E-state index in [0.717, 1.165) is 39.1 Å². The molecule has 0 radical (unpaired) electrons. The molecule has 3 nitrogen and oxygen atoms in total. The number of hydrogen-bond acceptors (Lipinski definition) is 2. The highest BCUT2D eigenvalue weighted by Crippen LogP contribution is 2.31. The molecule has 1 unspecified atom stereocenters. The number of carbonyl (C=O) groups excluding carboxylic acids is 1. The maximum atomic E-state index is 12.5. The van der Waals surface area contributed by atoms with Crippen LogP contribution in [0.2, 0.25) is 0 Å². The molecule has 0 aliphatic carbocycles. The van der Waals surface area contributed by atoms with E-state index < -0.39 is 0 Å². The molecule has 0 aromatic carbocycles. The third-order valence-electron chi connectivity index (χ3n) is 4.30. The van der Waals surface area contributed by atoms with Gasteiger partial charge in [-0.05, 0) is 43.4 Å². The average Bonchev–Trinajstić information content (AvgIpc) is 2.37. The van der Waals surface area contributed by atoms with Crippen molar-refractivity contribution < 1.29 is 9.53 Å². The summed E-state index contributed by atoms with van der Waals surface area (Å²) in [6, 6.07) is 0. The predicted octanol–water partition coefficient (Wildman–Crippen LogP) is 3.09. The summed E-state index contributed by atoms with van der Waals surface area (Å²) in [7, 11) is 0. The van der Waals surface area contributed by atoms with Crippen molar-refractivity contribution in [1.29, 1.82) is 0 Å². The zero-order chi connectivity index (χ0) is 13.9. The molecule has 0 saturated carbocycles. The first-order valence-corrected chi connectivity index (χ1v) is 7.82. The second-order valence-electron chi connectivity index (χ2n) is 7.44. The summed E-state index contributed by atoms with van der Waals surface area (Å²) >= 11 is 0. The monoisotopic (exact) mass is 267 g/mol. The third kappa shape index (κ3) is 4.48. The lowest BCUT2D eigenvalue weighted by atomic mass is 9.81. The number of nitrogens with zero attached hydrogens (tertiary/aromatic N) is 1. The van der Waals surface area contributed by atoms with Crippen molar-refractivity contribution in [1.82, 2.24) is 4.90 Å². The number of carbonyl (C=O) groups is 1. The summed E-state index contributed by atoms with van der Waals surface area (Å²) in [6.45, 7) is 10.4. The summed E-state index contributed by atoms with van der Waals surface area (Å²) in [4.78, 5) is 14.7. The van der Waals surface area contributed by atoms with Crippen molar-refractivity contribution in [3.63, 3.8) is 0 Å². The molecular weight excluding hydrogens is 238 g/mol. The molecule has 1 amide bonds. The molecule has 2 saturated heterocycles. The second-order valence-corrected chi connectivity index (χ2v) is 7.44. The van der Waals surface area contributed by atoms with Crippen LogP contribution in [-0.4, -0.2) is 37.1 Å². The van der Waals surface area contributed by atoms with Gasteiger partial charge in [0.25, 0.3) is 0 Å². The normalized spacial score (nSPS) is 26.5. The van der Waals surface area contributed by atoms with Crippen LogP contribution < -0.4 is 0 Å². The van der Waals surface area contributed by atoms with Crippen molar-refractivity contribution in [2.75, 3.05) is 26.3 Å². The van der Waals surface area contributed by atoms with Crippen molar-refractivity contribution in [2.24, 2.45) is 17.3 Å². The molecule has 1 atom stereocenters. The van der Waals surface area contributed by atoms with E-state index in [9.17, 15) is 4.79 Å². The molecule has 2 fully saturated rings. The van der Waals surface area contributed by atoms with Crippen LogP contribution in [0.5, 0.6) is 0 Å². The third-order valence-corrected chi connectivity index (χ3v) is 4.30. The Morgan fingerprint density at radius 2 is 1.89 bits per heavy atom.